The predicted octanol–water partition coefficient (Wildman–Crippen LogP) is 1.29. The van der Waals surface area contributed by atoms with Gasteiger partial charge < -0.3 is 9.64 Å². The molecule has 1 aliphatic heterocycles. The third kappa shape index (κ3) is 3.42. The molecule has 0 unspecified atom stereocenters. The fourth-order valence-electron chi connectivity index (χ4n) is 3.07. The van der Waals surface area contributed by atoms with Crippen LogP contribution in [0.3, 0.4) is 0 Å². The van der Waals surface area contributed by atoms with E-state index < -0.39 is 0 Å². The number of piperidine rings is 1. The van der Waals surface area contributed by atoms with Crippen LogP contribution in [-0.4, -0.2) is 55.2 Å². The Morgan fingerprint density at radius 3 is 2.84 bits per heavy atom. The molecule has 3 aromatic rings. The van der Waals surface area contributed by atoms with Crippen molar-refractivity contribution in [2.24, 2.45) is 0 Å². The van der Waals surface area contributed by atoms with Gasteiger partial charge in [0.1, 0.15) is 30.2 Å². The number of ether oxygens (including phenoxy) is 1. The highest BCUT2D eigenvalue weighted by atomic mass is 16.5. The number of hydrogen-bond acceptors (Lipinski definition) is 6. The summed E-state index contributed by atoms with van der Waals surface area (Å²) in [6, 6.07) is 9.89. The van der Waals surface area contributed by atoms with E-state index >= 15 is 0 Å². The number of pyridine rings is 1. The van der Waals surface area contributed by atoms with Crippen LogP contribution < -0.4 is 4.74 Å². The summed E-state index contributed by atoms with van der Waals surface area (Å²) in [6.07, 6.45) is 4.90. The van der Waals surface area contributed by atoms with Crippen LogP contribution in [0.15, 0.2) is 42.9 Å². The Kier molecular flexibility index (Phi) is 4.24. The summed E-state index contributed by atoms with van der Waals surface area (Å²) >= 11 is 0. The number of carbonyl (C=O) groups excluding carboxylic acids is 1. The highest BCUT2D eigenvalue weighted by Gasteiger charge is 2.24. The molecule has 128 valence electrons. The van der Waals surface area contributed by atoms with Crippen molar-refractivity contribution in [2.75, 3.05) is 13.1 Å². The van der Waals surface area contributed by atoms with E-state index in [1.165, 1.54) is 11.0 Å². The van der Waals surface area contributed by atoms with Crippen LogP contribution in [-0.2, 0) is 11.3 Å². The maximum atomic E-state index is 12.3. The lowest BCUT2D eigenvalue weighted by molar-refractivity contribution is -0.133. The topological polar surface area (TPSA) is 86.0 Å². The molecule has 1 saturated heterocycles. The van der Waals surface area contributed by atoms with Crippen LogP contribution in [0.5, 0.6) is 5.75 Å². The Morgan fingerprint density at radius 2 is 2.04 bits per heavy atom. The Labute approximate surface area is 144 Å². The number of amides is 1. The Balaban J connectivity index is 1.36. The van der Waals surface area contributed by atoms with Gasteiger partial charge in [0.2, 0.25) is 5.91 Å². The van der Waals surface area contributed by atoms with Crippen molar-refractivity contribution in [1.29, 1.82) is 0 Å². The van der Waals surface area contributed by atoms with Crippen LogP contribution in [0.4, 0.5) is 0 Å². The zero-order valence-corrected chi connectivity index (χ0v) is 13.7. The average molecular weight is 338 g/mol. The number of tetrazole rings is 1. The Hall–Kier alpha value is -3.03. The van der Waals surface area contributed by atoms with Crippen molar-refractivity contribution in [3.05, 3.63) is 42.9 Å². The molecule has 2 aromatic heterocycles. The molecule has 4 rings (SSSR count). The number of nitrogens with zero attached hydrogens (tertiary/aromatic N) is 6. The SMILES string of the molecule is O=C(Cn1cnnn1)N1CCC(Oc2cccc3cccnc23)CC1. The minimum Gasteiger partial charge on any atom is -0.488 e. The molecule has 0 N–H and O–H groups in total. The van der Waals surface area contributed by atoms with Gasteiger partial charge in [0.15, 0.2) is 0 Å². The molecule has 0 aliphatic carbocycles. The number of fused-ring (bicyclic) bond motifs is 1. The highest BCUT2D eigenvalue weighted by molar-refractivity contribution is 5.84. The largest absolute Gasteiger partial charge is 0.488 e. The van der Waals surface area contributed by atoms with Gasteiger partial charge in [-0.3, -0.25) is 9.78 Å². The van der Waals surface area contributed by atoms with E-state index in [0.717, 1.165) is 29.5 Å². The van der Waals surface area contributed by atoms with Crippen LogP contribution in [0, 0.1) is 0 Å². The molecule has 0 saturated carbocycles. The molecule has 8 heteroatoms. The summed E-state index contributed by atoms with van der Waals surface area (Å²) in [7, 11) is 0. The van der Waals surface area contributed by atoms with Gasteiger partial charge in [-0.25, -0.2) is 4.68 Å². The second kappa shape index (κ2) is 6.84. The number of aromatic nitrogens is 5. The van der Waals surface area contributed by atoms with Crippen LogP contribution in [0.1, 0.15) is 12.8 Å². The molecule has 1 aliphatic rings. The van der Waals surface area contributed by atoms with Crippen molar-refractivity contribution in [2.45, 2.75) is 25.5 Å². The summed E-state index contributed by atoms with van der Waals surface area (Å²) < 4.78 is 7.60. The highest BCUT2D eigenvalue weighted by Crippen LogP contribution is 2.26. The number of hydrogen-bond donors (Lipinski definition) is 0. The van der Waals surface area contributed by atoms with Gasteiger partial charge in [-0.2, -0.15) is 0 Å². The summed E-state index contributed by atoms with van der Waals surface area (Å²) in [6.45, 7) is 1.51. The number of para-hydroxylation sites is 1. The summed E-state index contributed by atoms with van der Waals surface area (Å²) in [5.41, 5.74) is 0.877. The molecule has 1 amide bonds. The first kappa shape index (κ1) is 15.5. The lowest BCUT2D eigenvalue weighted by Crippen LogP contribution is -2.43. The van der Waals surface area contributed by atoms with Gasteiger partial charge in [0.25, 0.3) is 0 Å². The molecular weight excluding hydrogens is 320 g/mol. The molecule has 0 bridgehead atoms. The van der Waals surface area contributed by atoms with Gasteiger partial charge in [-0.05, 0) is 22.6 Å². The lowest BCUT2D eigenvalue weighted by Gasteiger charge is -2.32. The van der Waals surface area contributed by atoms with Gasteiger partial charge >= 0.3 is 0 Å². The summed E-state index contributed by atoms with van der Waals surface area (Å²) in [5, 5.41) is 11.9. The zero-order chi connectivity index (χ0) is 17.1. The summed E-state index contributed by atoms with van der Waals surface area (Å²) in [4.78, 5) is 18.5. The third-order valence-corrected chi connectivity index (χ3v) is 4.37. The number of likely N-dealkylation sites (tertiary alicyclic amines) is 1. The normalized spacial score (nSPS) is 15.4. The molecule has 25 heavy (non-hydrogen) atoms. The van der Waals surface area contributed by atoms with Gasteiger partial charge in [-0.1, -0.05) is 18.2 Å². The van der Waals surface area contributed by atoms with Crippen molar-refractivity contribution < 1.29 is 9.53 Å². The first-order valence-corrected chi connectivity index (χ1v) is 8.28. The fourth-order valence-corrected chi connectivity index (χ4v) is 3.07. The molecule has 0 spiro atoms. The molecule has 1 aromatic carbocycles. The smallest absolute Gasteiger partial charge is 0.244 e. The van der Waals surface area contributed by atoms with Crippen molar-refractivity contribution in [1.82, 2.24) is 30.1 Å². The molecule has 0 atom stereocenters. The third-order valence-electron chi connectivity index (χ3n) is 4.37. The van der Waals surface area contributed by atoms with Crippen molar-refractivity contribution >= 4 is 16.8 Å². The quantitative estimate of drug-likeness (QED) is 0.712. The zero-order valence-electron chi connectivity index (χ0n) is 13.7. The number of benzene rings is 1. The molecule has 1 fully saturated rings. The van der Waals surface area contributed by atoms with Crippen LogP contribution in [0.2, 0.25) is 0 Å². The average Bonchev–Trinajstić information content (AvgIpc) is 3.16. The molecule has 3 heterocycles. The maximum absolute atomic E-state index is 12.3. The van der Waals surface area contributed by atoms with Gasteiger partial charge in [0, 0.05) is 37.5 Å². The Bertz CT molecular complexity index is 853. The molecular formula is C17H18N6O2. The van der Waals surface area contributed by atoms with E-state index in [1.807, 2.05) is 35.2 Å². The first-order chi connectivity index (χ1) is 12.3. The van der Waals surface area contributed by atoms with Crippen LogP contribution in [0.25, 0.3) is 10.9 Å². The second-order valence-corrected chi connectivity index (χ2v) is 6.04. The predicted molar refractivity (Wildman–Crippen MR) is 89.8 cm³/mol. The standard InChI is InChI=1S/C17H18N6O2/c24-16(11-23-12-19-20-21-23)22-9-6-14(7-10-22)25-15-5-1-3-13-4-2-8-18-17(13)15/h1-5,8,12,14H,6-7,9-11H2. The van der Waals surface area contributed by atoms with Gasteiger partial charge in [0.05, 0.1) is 0 Å². The van der Waals surface area contributed by atoms with E-state index in [1.54, 1.807) is 6.20 Å². The van der Waals surface area contributed by atoms with E-state index in [0.29, 0.717) is 13.1 Å². The van der Waals surface area contributed by atoms with Crippen molar-refractivity contribution in [3.8, 4) is 5.75 Å². The van der Waals surface area contributed by atoms with E-state index in [9.17, 15) is 4.79 Å². The van der Waals surface area contributed by atoms with E-state index in [-0.39, 0.29) is 18.6 Å². The van der Waals surface area contributed by atoms with Gasteiger partial charge in [-0.15, -0.1) is 5.10 Å². The minimum atomic E-state index is 0.0255. The van der Waals surface area contributed by atoms with E-state index in [2.05, 4.69) is 20.5 Å². The fraction of sp³-hybridized carbons (Fsp3) is 0.353. The monoisotopic (exact) mass is 338 g/mol. The second-order valence-electron chi connectivity index (χ2n) is 6.04. The molecule has 8 nitrogen and oxygen atoms in total. The first-order valence-electron chi connectivity index (χ1n) is 8.28. The number of rotatable bonds is 4. The van der Waals surface area contributed by atoms with E-state index in [4.69, 9.17) is 4.74 Å². The Morgan fingerprint density at radius 1 is 1.20 bits per heavy atom. The molecule has 0 radical (unpaired) electrons. The van der Waals surface area contributed by atoms with Crippen molar-refractivity contribution in [3.63, 3.8) is 0 Å². The lowest BCUT2D eigenvalue weighted by atomic mass is 10.1. The minimum absolute atomic E-state index is 0.0255. The number of carbonyl (C=O) groups is 1. The summed E-state index contributed by atoms with van der Waals surface area (Å²) in [5.74, 6) is 0.828. The van der Waals surface area contributed by atoms with Crippen LogP contribution >= 0.6 is 0 Å². The maximum Gasteiger partial charge on any atom is 0.244 e.